The normalized spacial score (nSPS) is 30.1. The van der Waals surface area contributed by atoms with Crippen LogP contribution in [0.25, 0.3) is 0 Å². The van der Waals surface area contributed by atoms with Crippen molar-refractivity contribution < 1.29 is 9.64 Å². The molecule has 1 heterocycles. The molecule has 2 aliphatic carbocycles. The van der Waals surface area contributed by atoms with E-state index in [1.54, 1.807) is 4.90 Å². The van der Waals surface area contributed by atoms with E-state index < -0.39 is 0 Å². The molecule has 2 bridgehead atoms. The molecule has 0 amide bonds. The molecule has 23 heavy (non-hydrogen) atoms. The van der Waals surface area contributed by atoms with Crippen LogP contribution in [0.4, 0.5) is 5.69 Å². The van der Waals surface area contributed by atoms with Crippen molar-refractivity contribution in [3.63, 3.8) is 0 Å². The molecule has 3 heteroatoms. The minimum absolute atomic E-state index is 0.736. The summed E-state index contributed by atoms with van der Waals surface area (Å²) < 4.78 is 5.80. The zero-order valence-electron chi connectivity index (χ0n) is 14.2. The van der Waals surface area contributed by atoms with Gasteiger partial charge < -0.3 is 14.5 Å². The lowest BCUT2D eigenvalue weighted by Gasteiger charge is -2.36. The highest BCUT2D eigenvalue weighted by Crippen LogP contribution is 2.42. The molecule has 1 aliphatic heterocycles. The van der Waals surface area contributed by atoms with Crippen LogP contribution < -0.4 is 14.5 Å². The topological polar surface area (TPSA) is 16.9 Å². The maximum Gasteiger partial charge on any atom is 0.142 e. The molecule has 3 nitrogen and oxygen atoms in total. The van der Waals surface area contributed by atoms with E-state index in [4.69, 9.17) is 4.74 Å². The summed E-state index contributed by atoms with van der Waals surface area (Å²) in [5, 5.41) is 0. The maximum absolute atomic E-state index is 5.80. The Morgan fingerprint density at radius 2 is 1.96 bits per heavy atom. The van der Waals surface area contributed by atoms with Crippen molar-refractivity contribution >= 4 is 5.69 Å². The summed E-state index contributed by atoms with van der Waals surface area (Å²) in [7, 11) is 0. The van der Waals surface area contributed by atoms with Crippen LogP contribution in [0.15, 0.2) is 36.4 Å². The summed E-state index contributed by atoms with van der Waals surface area (Å²) in [4.78, 5) is 4.32. The van der Waals surface area contributed by atoms with Gasteiger partial charge in [-0.2, -0.15) is 0 Å². The van der Waals surface area contributed by atoms with Crippen LogP contribution in [-0.2, 0) is 0 Å². The van der Waals surface area contributed by atoms with Crippen LogP contribution in [0.3, 0.4) is 0 Å². The van der Waals surface area contributed by atoms with E-state index in [1.165, 1.54) is 38.2 Å². The fourth-order valence-electron chi connectivity index (χ4n) is 4.76. The summed E-state index contributed by atoms with van der Waals surface area (Å²) in [5.74, 6) is 3.78. The van der Waals surface area contributed by atoms with Crippen LogP contribution >= 0.6 is 0 Å². The van der Waals surface area contributed by atoms with Gasteiger partial charge in [0.1, 0.15) is 5.75 Å². The molecule has 1 aromatic rings. The van der Waals surface area contributed by atoms with Crippen LogP contribution in [0.2, 0.25) is 0 Å². The molecule has 3 atom stereocenters. The first-order valence-electron chi connectivity index (χ1n) is 9.32. The van der Waals surface area contributed by atoms with Crippen molar-refractivity contribution in [2.45, 2.75) is 19.8 Å². The fourth-order valence-corrected chi connectivity index (χ4v) is 4.76. The number of nitrogens with zero attached hydrogens (tertiary/aromatic N) is 1. The number of fused-ring (bicyclic) bond motifs is 2. The molecular weight excluding hydrogens is 284 g/mol. The highest BCUT2D eigenvalue weighted by Gasteiger charge is 2.38. The first-order chi connectivity index (χ1) is 11.3. The van der Waals surface area contributed by atoms with Crippen molar-refractivity contribution in [3.05, 3.63) is 36.4 Å². The van der Waals surface area contributed by atoms with Crippen LogP contribution in [0, 0.1) is 17.8 Å². The van der Waals surface area contributed by atoms with Crippen molar-refractivity contribution in [3.8, 4) is 5.75 Å². The number of benzene rings is 1. The number of nitrogens with one attached hydrogen (secondary N) is 1. The Kier molecular flexibility index (Phi) is 4.30. The Bertz CT molecular complexity index is 563. The van der Waals surface area contributed by atoms with Gasteiger partial charge in [-0.25, -0.2) is 0 Å². The van der Waals surface area contributed by atoms with E-state index in [0.717, 1.165) is 43.2 Å². The second kappa shape index (κ2) is 6.56. The van der Waals surface area contributed by atoms with Crippen molar-refractivity contribution in [1.29, 1.82) is 0 Å². The van der Waals surface area contributed by atoms with Gasteiger partial charge in [0, 0.05) is 5.92 Å². The summed E-state index contributed by atoms with van der Waals surface area (Å²) >= 11 is 0. The number of hydrogen-bond acceptors (Lipinski definition) is 2. The smallest absolute Gasteiger partial charge is 0.142 e. The standard InChI is InChI=1S/C20H28N2O/c1-2-23-20-6-4-3-5-19(20)22-11-9-21(10-12-22)15-18-14-16-7-8-17(18)13-16/h3-8,16-18H,2,9-15H2,1H3/p+1/t16-,17+,18+/m1/s1. The minimum atomic E-state index is 0.736. The molecule has 1 aromatic carbocycles. The van der Waals surface area contributed by atoms with Gasteiger partial charge in [-0.15, -0.1) is 0 Å². The number of para-hydroxylation sites is 2. The summed E-state index contributed by atoms with van der Waals surface area (Å²) in [6.07, 6.45) is 7.83. The monoisotopic (exact) mass is 313 g/mol. The van der Waals surface area contributed by atoms with Crippen LogP contribution in [0.1, 0.15) is 19.8 Å². The molecule has 1 N–H and O–H groups in total. The Morgan fingerprint density at radius 1 is 1.13 bits per heavy atom. The van der Waals surface area contributed by atoms with Crippen LogP contribution in [-0.4, -0.2) is 39.3 Å². The lowest BCUT2D eigenvalue weighted by Crippen LogP contribution is -3.15. The molecule has 1 saturated carbocycles. The van der Waals surface area contributed by atoms with Crippen molar-refractivity contribution in [2.24, 2.45) is 17.8 Å². The van der Waals surface area contributed by atoms with Gasteiger partial charge in [0.2, 0.25) is 0 Å². The number of piperazine rings is 1. The van der Waals surface area contributed by atoms with Gasteiger partial charge >= 0.3 is 0 Å². The first kappa shape index (κ1) is 15.1. The number of ether oxygens (including phenoxy) is 1. The molecule has 0 spiro atoms. The second-order valence-corrected chi connectivity index (χ2v) is 7.38. The molecular formula is C20H29N2O+. The van der Waals surface area contributed by atoms with Gasteiger partial charge in [0.15, 0.2) is 0 Å². The summed E-state index contributed by atoms with van der Waals surface area (Å²) in [6.45, 7) is 9.00. The van der Waals surface area contributed by atoms with E-state index in [-0.39, 0.29) is 0 Å². The number of hydrogen-bond donors (Lipinski definition) is 1. The van der Waals surface area contributed by atoms with E-state index in [1.807, 2.05) is 0 Å². The van der Waals surface area contributed by atoms with Gasteiger partial charge in [-0.1, -0.05) is 24.3 Å². The Balaban J connectivity index is 1.33. The van der Waals surface area contributed by atoms with Gasteiger partial charge in [0.05, 0.1) is 45.0 Å². The van der Waals surface area contributed by atoms with Crippen LogP contribution in [0.5, 0.6) is 5.75 Å². The van der Waals surface area contributed by atoms with E-state index in [0.29, 0.717) is 0 Å². The molecule has 1 saturated heterocycles. The average Bonchev–Trinajstić information content (AvgIpc) is 3.19. The average molecular weight is 313 g/mol. The van der Waals surface area contributed by atoms with E-state index in [9.17, 15) is 0 Å². The SMILES string of the molecule is CCOc1ccccc1N1CC[NH+](C[C@@H]2C[C@@H]3C=C[C@H]2C3)CC1. The number of allylic oxidation sites excluding steroid dienone is 2. The third kappa shape index (κ3) is 3.12. The van der Waals surface area contributed by atoms with E-state index in [2.05, 4.69) is 48.2 Å². The maximum atomic E-state index is 5.80. The fraction of sp³-hybridized carbons (Fsp3) is 0.600. The number of anilines is 1. The number of quaternary nitrogens is 1. The highest BCUT2D eigenvalue weighted by atomic mass is 16.5. The Hall–Kier alpha value is -1.48. The van der Waals surface area contributed by atoms with Gasteiger partial charge in [0.25, 0.3) is 0 Å². The van der Waals surface area contributed by atoms with E-state index >= 15 is 0 Å². The largest absolute Gasteiger partial charge is 0.492 e. The van der Waals surface area contributed by atoms with Crippen molar-refractivity contribution in [2.75, 3.05) is 44.2 Å². The molecule has 0 unspecified atom stereocenters. The molecule has 124 valence electrons. The predicted molar refractivity (Wildman–Crippen MR) is 94.2 cm³/mol. The lowest BCUT2D eigenvalue weighted by atomic mass is 9.93. The first-order valence-corrected chi connectivity index (χ1v) is 9.32. The molecule has 2 fully saturated rings. The predicted octanol–water partition coefficient (Wildman–Crippen LogP) is 2.00. The molecule has 0 aromatic heterocycles. The van der Waals surface area contributed by atoms with Gasteiger partial charge in [-0.3, -0.25) is 0 Å². The van der Waals surface area contributed by atoms with Crippen molar-refractivity contribution in [1.82, 2.24) is 0 Å². The summed E-state index contributed by atoms with van der Waals surface area (Å²) in [6, 6.07) is 8.49. The molecule has 3 aliphatic rings. The third-order valence-electron chi connectivity index (χ3n) is 5.94. The molecule has 4 rings (SSSR count). The zero-order valence-corrected chi connectivity index (χ0v) is 14.2. The lowest BCUT2D eigenvalue weighted by molar-refractivity contribution is -0.904. The quantitative estimate of drug-likeness (QED) is 0.838. The summed E-state index contributed by atoms with van der Waals surface area (Å²) in [5.41, 5.74) is 1.27. The second-order valence-electron chi connectivity index (χ2n) is 7.38. The minimum Gasteiger partial charge on any atom is -0.492 e. The Morgan fingerprint density at radius 3 is 2.65 bits per heavy atom. The molecule has 0 radical (unpaired) electrons. The highest BCUT2D eigenvalue weighted by molar-refractivity contribution is 5.58. The number of rotatable bonds is 5. The zero-order chi connectivity index (χ0) is 15.6. The third-order valence-corrected chi connectivity index (χ3v) is 5.94. The van der Waals surface area contributed by atoms with Gasteiger partial charge in [-0.05, 0) is 43.7 Å². The Labute approximate surface area is 139 Å².